The summed E-state index contributed by atoms with van der Waals surface area (Å²) in [6.45, 7) is 0. The first-order valence-corrected chi connectivity index (χ1v) is 3.83. The van der Waals surface area contributed by atoms with Crippen LogP contribution in [-0.4, -0.2) is 17.2 Å². The Morgan fingerprint density at radius 2 is 1.80 bits per heavy atom. The van der Waals surface area contributed by atoms with Crippen molar-refractivity contribution in [3.63, 3.8) is 0 Å². The van der Waals surface area contributed by atoms with Crippen LogP contribution in [0.2, 0.25) is 0 Å². The topological polar surface area (TPSA) is 40.5 Å². The second-order valence-corrected chi connectivity index (χ2v) is 2.84. The first kappa shape index (κ1) is 7.83. The van der Waals surface area contributed by atoms with Gasteiger partial charge in [-0.1, -0.05) is 24.9 Å². The molecule has 0 aromatic carbocycles. The minimum absolute atomic E-state index is 0.599. The summed E-state index contributed by atoms with van der Waals surface area (Å²) in [4.78, 5) is 0. The third-order valence-corrected chi connectivity index (χ3v) is 1.96. The third kappa shape index (κ3) is 2.54. The van der Waals surface area contributed by atoms with Crippen LogP contribution < -0.4 is 0 Å². The molecule has 1 aliphatic carbocycles. The smallest absolute Gasteiger partial charge is 0.424 e. The van der Waals surface area contributed by atoms with Crippen molar-refractivity contribution in [3.8, 4) is 0 Å². The maximum Gasteiger partial charge on any atom is 0.480 e. The van der Waals surface area contributed by atoms with E-state index >= 15 is 0 Å². The normalized spacial score (nSPS) is 20.6. The second-order valence-electron chi connectivity index (χ2n) is 2.84. The van der Waals surface area contributed by atoms with E-state index < -0.39 is 7.12 Å². The van der Waals surface area contributed by atoms with Crippen LogP contribution in [0.1, 0.15) is 25.7 Å². The lowest BCUT2D eigenvalue weighted by atomic mass is 9.89. The molecule has 10 heavy (non-hydrogen) atoms. The van der Waals surface area contributed by atoms with Crippen LogP contribution in [0.3, 0.4) is 0 Å². The van der Waals surface area contributed by atoms with Gasteiger partial charge in [0.2, 0.25) is 0 Å². The Balaban J connectivity index is 2.23. The minimum Gasteiger partial charge on any atom is -0.424 e. The molecule has 2 N–H and O–H groups in total. The molecule has 3 heteroatoms. The lowest BCUT2D eigenvalue weighted by Crippen LogP contribution is -2.06. The summed E-state index contributed by atoms with van der Waals surface area (Å²) in [6, 6.07) is 0. The van der Waals surface area contributed by atoms with Gasteiger partial charge in [0.15, 0.2) is 0 Å². The first-order valence-electron chi connectivity index (χ1n) is 3.83. The molecule has 1 rings (SSSR count). The van der Waals surface area contributed by atoms with Gasteiger partial charge >= 0.3 is 7.12 Å². The zero-order valence-electron chi connectivity index (χ0n) is 6.03. The van der Waals surface area contributed by atoms with E-state index in [1.54, 1.807) is 0 Å². The molecule has 0 aromatic heterocycles. The molecule has 1 fully saturated rings. The van der Waals surface area contributed by atoms with Crippen molar-refractivity contribution in [2.75, 3.05) is 0 Å². The van der Waals surface area contributed by atoms with E-state index in [1.807, 2.05) is 6.08 Å². The van der Waals surface area contributed by atoms with Crippen molar-refractivity contribution < 1.29 is 10.0 Å². The zero-order valence-corrected chi connectivity index (χ0v) is 6.03. The fraction of sp³-hybridized carbons (Fsp3) is 0.714. The molecular weight excluding hydrogens is 127 g/mol. The van der Waals surface area contributed by atoms with Crippen molar-refractivity contribution >= 4 is 7.12 Å². The predicted octanol–water partition coefficient (Wildman–Crippen LogP) is 0.745. The van der Waals surface area contributed by atoms with Gasteiger partial charge in [-0.2, -0.15) is 0 Å². The summed E-state index contributed by atoms with van der Waals surface area (Å²) in [5.74, 6) is 2.05. The van der Waals surface area contributed by atoms with E-state index in [2.05, 4.69) is 0 Å². The largest absolute Gasteiger partial charge is 0.480 e. The fourth-order valence-corrected chi connectivity index (χ4v) is 1.41. The van der Waals surface area contributed by atoms with E-state index in [4.69, 9.17) is 10.0 Å². The number of rotatable bonds is 2. The Hall–Kier alpha value is -0.275. The van der Waals surface area contributed by atoms with Gasteiger partial charge in [0.1, 0.15) is 0 Å². The van der Waals surface area contributed by atoms with Gasteiger partial charge in [-0.3, -0.25) is 0 Å². The summed E-state index contributed by atoms with van der Waals surface area (Å²) in [5, 5.41) is 17.0. The second kappa shape index (κ2) is 3.79. The van der Waals surface area contributed by atoms with E-state index in [0.717, 1.165) is 0 Å². The number of allylic oxidation sites excluding steroid dienone is 1. The van der Waals surface area contributed by atoms with Crippen LogP contribution in [0, 0.1) is 5.92 Å². The van der Waals surface area contributed by atoms with Crippen LogP contribution in [-0.2, 0) is 0 Å². The minimum atomic E-state index is -1.26. The standard InChI is InChI=1S/C7H13BO2/c9-8(10)6-5-7-3-1-2-4-7/h5-7,9-10H,1-4H2/b6-5+. The fourth-order valence-electron chi connectivity index (χ4n) is 1.41. The molecule has 0 aliphatic heterocycles. The monoisotopic (exact) mass is 140 g/mol. The van der Waals surface area contributed by atoms with Crippen LogP contribution in [0.25, 0.3) is 0 Å². The molecule has 2 nitrogen and oxygen atoms in total. The van der Waals surface area contributed by atoms with Crippen LogP contribution in [0.4, 0.5) is 0 Å². The average molecular weight is 140 g/mol. The molecule has 1 aliphatic rings. The number of hydrogen-bond acceptors (Lipinski definition) is 2. The predicted molar refractivity (Wildman–Crippen MR) is 41.3 cm³/mol. The molecule has 0 saturated heterocycles. The quantitative estimate of drug-likeness (QED) is 0.555. The van der Waals surface area contributed by atoms with Crippen molar-refractivity contribution in [3.05, 3.63) is 12.1 Å². The first-order chi connectivity index (χ1) is 4.79. The highest BCUT2D eigenvalue weighted by molar-refractivity contribution is 6.47. The van der Waals surface area contributed by atoms with Gasteiger partial charge in [-0.05, 0) is 18.8 Å². The molecule has 0 unspecified atom stereocenters. The summed E-state index contributed by atoms with van der Waals surface area (Å²) in [7, 11) is -1.26. The van der Waals surface area contributed by atoms with Crippen molar-refractivity contribution in [1.82, 2.24) is 0 Å². The van der Waals surface area contributed by atoms with Gasteiger partial charge in [-0.25, -0.2) is 0 Å². The van der Waals surface area contributed by atoms with E-state index in [0.29, 0.717) is 5.92 Å². The molecule has 0 radical (unpaired) electrons. The molecule has 0 bridgehead atoms. The summed E-state index contributed by atoms with van der Waals surface area (Å²) in [6.07, 6.45) is 6.91. The summed E-state index contributed by atoms with van der Waals surface area (Å²) < 4.78 is 0. The van der Waals surface area contributed by atoms with Crippen LogP contribution >= 0.6 is 0 Å². The molecule has 0 amide bonds. The Morgan fingerprint density at radius 3 is 2.30 bits per heavy atom. The van der Waals surface area contributed by atoms with Gasteiger partial charge in [-0.15, -0.1) is 0 Å². The molecular formula is C7H13BO2. The molecule has 1 saturated carbocycles. The van der Waals surface area contributed by atoms with E-state index in [1.165, 1.54) is 31.7 Å². The SMILES string of the molecule is OB(O)/C=C/C1CCCC1. The van der Waals surface area contributed by atoms with Crippen LogP contribution in [0.5, 0.6) is 0 Å². The highest BCUT2D eigenvalue weighted by atomic mass is 16.4. The highest BCUT2D eigenvalue weighted by Gasteiger charge is 2.12. The van der Waals surface area contributed by atoms with Gasteiger partial charge in [0, 0.05) is 0 Å². The highest BCUT2D eigenvalue weighted by Crippen LogP contribution is 2.25. The Morgan fingerprint density at radius 1 is 1.20 bits per heavy atom. The Labute approximate surface area is 61.7 Å². The number of hydrogen-bond donors (Lipinski definition) is 2. The molecule has 56 valence electrons. The Kier molecular flexibility index (Phi) is 2.96. The summed E-state index contributed by atoms with van der Waals surface area (Å²) >= 11 is 0. The van der Waals surface area contributed by atoms with Crippen molar-refractivity contribution in [1.29, 1.82) is 0 Å². The maximum atomic E-state index is 8.48. The molecule has 0 spiro atoms. The molecule has 0 aromatic rings. The van der Waals surface area contributed by atoms with Gasteiger partial charge in [0.05, 0.1) is 0 Å². The average Bonchev–Trinajstić information content (AvgIpc) is 2.34. The Bertz CT molecular complexity index is 117. The molecule has 0 atom stereocenters. The summed E-state index contributed by atoms with van der Waals surface area (Å²) in [5.41, 5.74) is 0. The van der Waals surface area contributed by atoms with Crippen molar-refractivity contribution in [2.45, 2.75) is 25.7 Å². The maximum absolute atomic E-state index is 8.48. The van der Waals surface area contributed by atoms with Crippen LogP contribution in [0.15, 0.2) is 12.1 Å². The lowest BCUT2D eigenvalue weighted by Gasteiger charge is -1.98. The van der Waals surface area contributed by atoms with Gasteiger partial charge in [0.25, 0.3) is 0 Å². The van der Waals surface area contributed by atoms with E-state index in [-0.39, 0.29) is 0 Å². The third-order valence-electron chi connectivity index (χ3n) is 1.96. The van der Waals surface area contributed by atoms with Gasteiger partial charge < -0.3 is 10.0 Å². The lowest BCUT2D eigenvalue weighted by molar-refractivity contribution is 0.423. The van der Waals surface area contributed by atoms with E-state index in [9.17, 15) is 0 Å². The zero-order chi connectivity index (χ0) is 7.40. The molecule has 0 heterocycles. The van der Waals surface area contributed by atoms with Crippen molar-refractivity contribution in [2.24, 2.45) is 5.92 Å².